The lowest BCUT2D eigenvalue weighted by Crippen LogP contribution is -2.27. The van der Waals surface area contributed by atoms with E-state index in [-0.39, 0.29) is 18.0 Å². The first-order valence-electron chi connectivity index (χ1n) is 5.72. The second-order valence-corrected chi connectivity index (χ2v) is 4.60. The predicted molar refractivity (Wildman–Crippen MR) is 66.0 cm³/mol. The Morgan fingerprint density at radius 2 is 2.06 bits per heavy atom. The van der Waals surface area contributed by atoms with Crippen LogP contribution in [0.15, 0.2) is 37.0 Å². The Hall–Kier alpha value is -1.31. The molecule has 0 heterocycles. The summed E-state index contributed by atoms with van der Waals surface area (Å²) in [5, 5.41) is 0. The van der Waals surface area contributed by atoms with E-state index in [0.29, 0.717) is 0 Å². The number of ether oxygens (including phenoxy) is 1. The topological polar surface area (TPSA) is 26.3 Å². The highest BCUT2D eigenvalue weighted by molar-refractivity contribution is 5.76. The number of hydrogen-bond acceptors (Lipinski definition) is 2. The van der Waals surface area contributed by atoms with Crippen molar-refractivity contribution < 1.29 is 9.53 Å². The van der Waals surface area contributed by atoms with Gasteiger partial charge in [0.1, 0.15) is 6.61 Å². The predicted octanol–water partition coefficient (Wildman–Crippen LogP) is 3.41. The van der Waals surface area contributed by atoms with Crippen LogP contribution in [0.4, 0.5) is 0 Å². The van der Waals surface area contributed by atoms with E-state index in [4.69, 9.17) is 4.74 Å². The second-order valence-electron chi connectivity index (χ2n) is 4.60. The van der Waals surface area contributed by atoms with Gasteiger partial charge in [0.25, 0.3) is 0 Å². The maximum Gasteiger partial charge on any atom is 0.312 e. The third-order valence-electron chi connectivity index (χ3n) is 3.06. The SMILES string of the molecule is C=C/C=C\C(=C)COC(=O)C1(C)CCCC1. The molecular weight excluding hydrogens is 200 g/mol. The van der Waals surface area contributed by atoms with Crippen LogP contribution in [0.3, 0.4) is 0 Å². The van der Waals surface area contributed by atoms with Gasteiger partial charge in [-0.25, -0.2) is 0 Å². The molecule has 0 aliphatic heterocycles. The summed E-state index contributed by atoms with van der Waals surface area (Å²) >= 11 is 0. The molecule has 0 atom stereocenters. The molecule has 1 saturated carbocycles. The fourth-order valence-electron chi connectivity index (χ4n) is 1.94. The van der Waals surface area contributed by atoms with Gasteiger partial charge in [0.05, 0.1) is 5.41 Å². The molecule has 2 nitrogen and oxygen atoms in total. The molecule has 0 aromatic heterocycles. The number of hydrogen-bond donors (Lipinski definition) is 0. The average molecular weight is 220 g/mol. The Bertz CT molecular complexity index is 307. The number of esters is 1. The van der Waals surface area contributed by atoms with E-state index in [1.54, 1.807) is 18.2 Å². The molecule has 88 valence electrons. The number of allylic oxidation sites excluding steroid dienone is 2. The van der Waals surface area contributed by atoms with Crippen LogP contribution in [0.1, 0.15) is 32.6 Å². The molecule has 0 aromatic carbocycles. The zero-order chi connectivity index (χ0) is 12.0. The van der Waals surface area contributed by atoms with Crippen LogP contribution in [0, 0.1) is 5.41 Å². The first-order chi connectivity index (χ1) is 7.58. The van der Waals surface area contributed by atoms with Crippen molar-refractivity contribution >= 4 is 5.97 Å². The van der Waals surface area contributed by atoms with Gasteiger partial charge in [-0.3, -0.25) is 4.79 Å². The Labute approximate surface area is 97.7 Å². The van der Waals surface area contributed by atoms with Crippen LogP contribution in [-0.2, 0) is 9.53 Å². The lowest BCUT2D eigenvalue weighted by Gasteiger charge is -2.20. The van der Waals surface area contributed by atoms with Gasteiger partial charge in [0.15, 0.2) is 0 Å². The van der Waals surface area contributed by atoms with Crippen molar-refractivity contribution in [1.82, 2.24) is 0 Å². The summed E-state index contributed by atoms with van der Waals surface area (Å²) in [5.41, 5.74) is 0.525. The van der Waals surface area contributed by atoms with E-state index < -0.39 is 0 Å². The van der Waals surface area contributed by atoms with E-state index >= 15 is 0 Å². The summed E-state index contributed by atoms with van der Waals surface area (Å²) in [6, 6.07) is 0. The van der Waals surface area contributed by atoms with E-state index in [9.17, 15) is 4.79 Å². The van der Waals surface area contributed by atoms with Gasteiger partial charge >= 0.3 is 5.97 Å². The lowest BCUT2D eigenvalue weighted by molar-refractivity contribution is -0.153. The summed E-state index contributed by atoms with van der Waals surface area (Å²) in [6.45, 7) is 9.64. The molecule has 2 heteroatoms. The highest BCUT2D eigenvalue weighted by Crippen LogP contribution is 2.38. The second kappa shape index (κ2) is 5.69. The molecular formula is C14H20O2. The molecule has 0 amide bonds. The van der Waals surface area contributed by atoms with Crippen molar-refractivity contribution in [3.8, 4) is 0 Å². The standard InChI is InChI=1S/C14H20O2/c1-4-5-8-12(2)11-16-13(15)14(3)9-6-7-10-14/h4-5,8H,1-2,6-7,9-11H2,3H3/b8-5-. The molecule has 0 saturated heterocycles. The van der Waals surface area contributed by atoms with Gasteiger partial charge in [-0.15, -0.1) is 0 Å². The van der Waals surface area contributed by atoms with Crippen molar-refractivity contribution in [2.45, 2.75) is 32.6 Å². The molecule has 0 bridgehead atoms. The van der Waals surface area contributed by atoms with Crippen LogP contribution in [-0.4, -0.2) is 12.6 Å². The van der Waals surface area contributed by atoms with E-state index in [1.807, 2.05) is 6.92 Å². The van der Waals surface area contributed by atoms with Crippen molar-refractivity contribution in [1.29, 1.82) is 0 Å². The van der Waals surface area contributed by atoms with Gasteiger partial charge in [0.2, 0.25) is 0 Å². The van der Waals surface area contributed by atoms with E-state index in [2.05, 4.69) is 13.2 Å². The molecule has 1 rings (SSSR count). The van der Waals surface area contributed by atoms with Crippen molar-refractivity contribution in [2.75, 3.05) is 6.61 Å². The van der Waals surface area contributed by atoms with Crippen molar-refractivity contribution in [2.24, 2.45) is 5.41 Å². The summed E-state index contributed by atoms with van der Waals surface area (Å²) in [6.07, 6.45) is 9.41. The normalized spacial score (nSPS) is 18.6. The number of rotatable bonds is 5. The molecule has 16 heavy (non-hydrogen) atoms. The van der Waals surface area contributed by atoms with E-state index in [1.165, 1.54) is 0 Å². The summed E-state index contributed by atoms with van der Waals surface area (Å²) in [4.78, 5) is 11.8. The average Bonchev–Trinajstić information content (AvgIpc) is 2.71. The zero-order valence-electron chi connectivity index (χ0n) is 10.00. The lowest BCUT2D eigenvalue weighted by atomic mass is 9.89. The largest absolute Gasteiger partial charge is 0.460 e. The fraction of sp³-hybridized carbons (Fsp3) is 0.500. The quantitative estimate of drug-likeness (QED) is 0.524. The minimum atomic E-state index is -0.261. The van der Waals surface area contributed by atoms with Crippen molar-refractivity contribution in [3.63, 3.8) is 0 Å². The Kier molecular flexibility index (Phi) is 4.53. The molecule has 0 spiro atoms. The van der Waals surface area contributed by atoms with Gasteiger partial charge in [0, 0.05) is 0 Å². The molecule has 1 aliphatic carbocycles. The Balaban J connectivity index is 2.37. The van der Waals surface area contributed by atoms with Crippen LogP contribution in [0.25, 0.3) is 0 Å². The summed E-state index contributed by atoms with van der Waals surface area (Å²) in [7, 11) is 0. The van der Waals surface area contributed by atoms with Crippen LogP contribution >= 0.6 is 0 Å². The first-order valence-corrected chi connectivity index (χ1v) is 5.72. The van der Waals surface area contributed by atoms with Crippen LogP contribution in [0.5, 0.6) is 0 Å². The highest BCUT2D eigenvalue weighted by atomic mass is 16.5. The maximum absolute atomic E-state index is 11.8. The summed E-state index contributed by atoms with van der Waals surface area (Å²) in [5.74, 6) is -0.0850. The third kappa shape index (κ3) is 3.37. The monoisotopic (exact) mass is 220 g/mol. The molecule has 0 aromatic rings. The van der Waals surface area contributed by atoms with E-state index in [0.717, 1.165) is 31.3 Å². The van der Waals surface area contributed by atoms with Gasteiger partial charge < -0.3 is 4.74 Å². The third-order valence-corrected chi connectivity index (χ3v) is 3.06. The highest BCUT2D eigenvalue weighted by Gasteiger charge is 2.37. The zero-order valence-corrected chi connectivity index (χ0v) is 10.00. The molecule has 1 aliphatic rings. The fourth-order valence-corrected chi connectivity index (χ4v) is 1.94. The molecule has 0 unspecified atom stereocenters. The first kappa shape index (κ1) is 12.8. The Morgan fingerprint density at radius 1 is 1.44 bits per heavy atom. The minimum Gasteiger partial charge on any atom is -0.460 e. The van der Waals surface area contributed by atoms with Crippen LogP contribution in [0.2, 0.25) is 0 Å². The summed E-state index contributed by atoms with van der Waals surface area (Å²) < 4.78 is 5.26. The van der Waals surface area contributed by atoms with Gasteiger partial charge in [-0.1, -0.05) is 44.2 Å². The minimum absolute atomic E-state index is 0.0850. The maximum atomic E-state index is 11.8. The number of carbonyl (C=O) groups is 1. The van der Waals surface area contributed by atoms with Crippen LogP contribution < -0.4 is 0 Å². The number of carbonyl (C=O) groups excluding carboxylic acids is 1. The Morgan fingerprint density at radius 3 is 2.62 bits per heavy atom. The molecule has 1 fully saturated rings. The van der Waals surface area contributed by atoms with Gasteiger partial charge in [-0.2, -0.15) is 0 Å². The molecule has 0 N–H and O–H groups in total. The van der Waals surface area contributed by atoms with Crippen molar-refractivity contribution in [3.05, 3.63) is 37.0 Å². The van der Waals surface area contributed by atoms with Gasteiger partial charge in [-0.05, 0) is 25.3 Å². The smallest absolute Gasteiger partial charge is 0.312 e. The molecule has 0 radical (unpaired) electrons.